The first-order valence-electron chi connectivity index (χ1n) is 11.9. The summed E-state index contributed by atoms with van der Waals surface area (Å²) in [4.78, 5) is 32.1. The highest BCUT2D eigenvalue weighted by molar-refractivity contribution is 5.93. The highest BCUT2D eigenvalue weighted by Crippen LogP contribution is 2.29. The van der Waals surface area contributed by atoms with Crippen molar-refractivity contribution < 1.29 is 14.3 Å². The second-order valence-electron chi connectivity index (χ2n) is 9.17. The Morgan fingerprint density at radius 2 is 1.79 bits per heavy atom. The van der Waals surface area contributed by atoms with Crippen molar-refractivity contribution in [3.05, 3.63) is 89.0 Å². The maximum Gasteiger partial charge on any atom is 0.274 e. The molecule has 0 aliphatic carbocycles. The van der Waals surface area contributed by atoms with Crippen molar-refractivity contribution in [2.45, 2.75) is 45.6 Å². The van der Waals surface area contributed by atoms with Gasteiger partial charge in [0.25, 0.3) is 5.91 Å². The summed E-state index contributed by atoms with van der Waals surface area (Å²) in [5.74, 6) is -0.0811. The van der Waals surface area contributed by atoms with E-state index >= 15 is 0 Å². The maximum absolute atomic E-state index is 13.2. The number of rotatable bonds is 5. The number of nitrogens with one attached hydrogen (secondary N) is 1. The summed E-state index contributed by atoms with van der Waals surface area (Å²) in [5, 5.41) is 3.03. The Morgan fingerprint density at radius 1 is 1.06 bits per heavy atom. The molecule has 0 radical (unpaired) electrons. The summed E-state index contributed by atoms with van der Waals surface area (Å²) in [6.45, 7) is 4.71. The average Bonchev–Trinajstić information content (AvgIpc) is 3.31. The SMILES string of the molecule is Cc1ccc(C2Cn3cnc(C(=O)N4CCC(C(=O)NCc5ccccc5)CC4)c3CO2)cc1. The summed E-state index contributed by atoms with van der Waals surface area (Å²) in [5.41, 5.74) is 4.73. The van der Waals surface area contributed by atoms with E-state index in [1.54, 1.807) is 6.33 Å². The molecule has 3 heterocycles. The Balaban J connectivity index is 1.16. The highest BCUT2D eigenvalue weighted by atomic mass is 16.5. The average molecular weight is 459 g/mol. The van der Waals surface area contributed by atoms with Crippen molar-refractivity contribution >= 4 is 11.8 Å². The molecule has 2 aromatic carbocycles. The monoisotopic (exact) mass is 458 g/mol. The Bertz CT molecular complexity index is 1150. The van der Waals surface area contributed by atoms with Crippen molar-refractivity contribution in [3.8, 4) is 0 Å². The van der Waals surface area contributed by atoms with Crippen LogP contribution in [0, 0.1) is 12.8 Å². The van der Waals surface area contributed by atoms with Crippen molar-refractivity contribution in [1.82, 2.24) is 19.8 Å². The molecule has 1 aromatic heterocycles. The molecule has 34 heavy (non-hydrogen) atoms. The number of aromatic nitrogens is 2. The van der Waals surface area contributed by atoms with Gasteiger partial charge in [-0.25, -0.2) is 4.98 Å². The second kappa shape index (κ2) is 9.81. The first-order chi connectivity index (χ1) is 16.6. The lowest BCUT2D eigenvalue weighted by Crippen LogP contribution is -2.43. The van der Waals surface area contributed by atoms with Crippen LogP contribution in [0.4, 0.5) is 0 Å². The van der Waals surface area contributed by atoms with Crippen LogP contribution in [0.2, 0.25) is 0 Å². The molecule has 1 fully saturated rings. The zero-order valence-corrected chi connectivity index (χ0v) is 19.4. The number of piperidine rings is 1. The molecule has 0 saturated carbocycles. The van der Waals surface area contributed by atoms with Crippen LogP contribution in [0.5, 0.6) is 0 Å². The van der Waals surface area contributed by atoms with Gasteiger partial charge in [-0.05, 0) is 30.9 Å². The number of likely N-dealkylation sites (tertiary alicyclic amines) is 1. The van der Waals surface area contributed by atoms with Gasteiger partial charge in [-0.1, -0.05) is 60.2 Å². The number of ether oxygens (including phenoxy) is 1. The first kappa shape index (κ1) is 22.3. The number of hydrogen-bond donors (Lipinski definition) is 1. The van der Waals surface area contributed by atoms with E-state index < -0.39 is 0 Å². The van der Waals surface area contributed by atoms with Gasteiger partial charge in [-0.15, -0.1) is 0 Å². The van der Waals surface area contributed by atoms with Crippen molar-refractivity contribution in [2.75, 3.05) is 13.1 Å². The summed E-state index contributed by atoms with van der Waals surface area (Å²) >= 11 is 0. The number of amides is 2. The fourth-order valence-electron chi connectivity index (χ4n) is 4.71. The van der Waals surface area contributed by atoms with E-state index in [-0.39, 0.29) is 23.8 Å². The van der Waals surface area contributed by atoms with Crippen LogP contribution < -0.4 is 5.32 Å². The van der Waals surface area contributed by atoms with Gasteiger partial charge in [0.05, 0.1) is 25.2 Å². The smallest absolute Gasteiger partial charge is 0.274 e. The zero-order valence-electron chi connectivity index (χ0n) is 19.4. The topological polar surface area (TPSA) is 76.5 Å². The zero-order chi connectivity index (χ0) is 23.5. The molecule has 1 N–H and O–H groups in total. The molecule has 1 atom stereocenters. The standard InChI is InChI=1S/C27H30N4O3/c1-19-7-9-21(10-8-19)24-16-31-18-29-25(23(31)17-34-24)27(33)30-13-11-22(12-14-30)26(32)28-15-20-5-3-2-4-6-20/h2-10,18,22,24H,11-17H2,1H3,(H,28,32). The quantitative estimate of drug-likeness (QED) is 0.634. The van der Waals surface area contributed by atoms with E-state index in [0.29, 0.717) is 51.3 Å². The van der Waals surface area contributed by atoms with Crippen LogP contribution in [0.15, 0.2) is 60.9 Å². The lowest BCUT2D eigenvalue weighted by atomic mass is 9.95. The second-order valence-corrected chi connectivity index (χ2v) is 9.17. The van der Waals surface area contributed by atoms with Crippen molar-refractivity contribution in [2.24, 2.45) is 5.92 Å². The van der Waals surface area contributed by atoms with E-state index in [2.05, 4.69) is 41.5 Å². The molecule has 0 bridgehead atoms. The van der Waals surface area contributed by atoms with Gasteiger partial charge in [0, 0.05) is 25.6 Å². The van der Waals surface area contributed by atoms with Gasteiger partial charge < -0.3 is 19.5 Å². The predicted octanol–water partition coefficient (Wildman–Crippen LogP) is 3.63. The normalized spacial score (nSPS) is 18.4. The minimum Gasteiger partial charge on any atom is -0.365 e. The number of aryl methyl sites for hydroxylation is 1. The summed E-state index contributed by atoms with van der Waals surface area (Å²) < 4.78 is 8.13. The van der Waals surface area contributed by atoms with E-state index in [1.807, 2.05) is 39.8 Å². The number of carbonyl (C=O) groups is 2. The number of nitrogens with zero attached hydrogens (tertiary/aromatic N) is 3. The minimum absolute atomic E-state index is 0.0459. The predicted molar refractivity (Wildman–Crippen MR) is 128 cm³/mol. The Morgan fingerprint density at radius 3 is 2.53 bits per heavy atom. The Kier molecular flexibility index (Phi) is 6.45. The lowest BCUT2D eigenvalue weighted by Gasteiger charge is -2.31. The number of carbonyl (C=O) groups excluding carboxylic acids is 2. The van der Waals surface area contributed by atoms with E-state index in [1.165, 1.54) is 5.56 Å². The fraction of sp³-hybridized carbons (Fsp3) is 0.370. The van der Waals surface area contributed by atoms with E-state index in [9.17, 15) is 9.59 Å². The molecule has 7 heteroatoms. The number of hydrogen-bond acceptors (Lipinski definition) is 4. The highest BCUT2D eigenvalue weighted by Gasteiger charge is 2.32. The van der Waals surface area contributed by atoms with E-state index in [0.717, 1.165) is 16.8 Å². The van der Waals surface area contributed by atoms with Gasteiger partial charge in [0.1, 0.15) is 6.10 Å². The van der Waals surface area contributed by atoms with Crippen LogP contribution in [0.25, 0.3) is 0 Å². The summed E-state index contributed by atoms with van der Waals surface area (Å²) in [6.07, 6.45) is 3.02. The fourth-order valence-corrected chi connectivity index (χ4v) is 4.71. The lowest BCUT2D eigenvalue weighted by molar-refractivity contribution is -0.126. The molecular formula is C27H30N4O3. The number of imidazole rings is 1. The molecule has 176 valence electrons. The molecule has 2 aliphatic heterocycles. The van der Waals surface area contributed by atoms with Crippen LogP contribution in [0.1, 0.15) is 51.8 Å². The molecule has 2 aliphatic rings. The number of benzene rings is 2. The van der Waals surface area contributed by atoms with Crippen LogP contribution in [-0.4, -0.2) is 39.4 Å². The molecule has 0 spiro atoms. The minimum atomic E-state index is -0.0747. The Hall–Kier alpha value is -3.45. The van der Waals surface area contributed by atoms with Crippen LogP contribution in [-0.2, 0) is 29.2 Å². The third kappa shape index (κ3) is 4.75. The molecule has 2 amide bonds. The molecule has 1 unspecified atom stereocenters. The van der Waals surface area contributed by atoms with Crippen LogP contribution >= 0.6 is 0 Å². The largest absolute Gasteiger partial charge is 0.365 e. The van der Waals surface area contributed by atoms with Gasteiger partial charge in [-0.2, -0.15) is 0 Å². The first-order valence-corrected chi connectivity index (χ1v) is 11.9. The van der Waals surface area contributed by atoms with Gasteiger partial charge in [-0.3, -0.25) is 9.59 Å². The van der Waals surface area contributed by atoms with Crippen LogP contribution in [0.3, 0.4) is 0 Å². The third-order valence-corrected chi connectivity index (χ3v) is 6.84. The number of fused-ring (bicyclic) bond motifs is 1. The molecule has 7 nitrogen and oxygen atoms in total. The summed E-state index contributed by atoms with van der Waals surface area (Å²) in [7, 11) is 0. The molecule has 3 aromatic rings. The van der Waals surface area contributed by atoms with Crippen molar-refractivity contribution in [1.29, 1.82) is 0 Å². The van der Waals surface area contributed by atoms with E-state index in [4.69, 9.17) is 4.74 Å². The van der Waals surface area contributed by atoms with Gasteiger partial charge in [0.15, 0.2) is 5.69 Å². The summed E-state index contributed by atoms with van der Waals surface area (Å²) in [6, 6.07) is 18.2. The van der Waals surface area contributed by atoms with Gasteiger partial charge in [0.2, 0.25) is 5.91 Å². The molecule has 1 saturated heterocycles. The van der Waals surface area contributed by atoms with Gasteiger partial charge >= 0.3 is 0 Å². The van der Waals surface area contributed by atoms with Crippen molar-refractivity contribution in [3.63, 3.8) is 0 Å². The Labute approximate surface area is 199 Å². The molecular weight excluding hydrogens is 428 g/mol. The third-order valence-electron chi connectivity index (χ3n) is 6.84. The molecule has 5 rings (SSSR count). The maximum atomic E-state index is 13.2.